The minimum absolute atomic E-state index is 0.685. The molecule has 0 atom stereocenters. The summed E-state index contributed by atoms with van der Waals surface area (Å²) in [6.07, 6.45) is 0. The lowest BCUT2D eigenvalue weighted by Gasteiger charge is -1.62. The average Bonchev–Trinajstić information content (AvgIpc) is 1.87. The van der Waals surface area contributed by atoms with E-state index >= 15 is 0 Å². The molecule has 7 heavy (non-hydrogen) atoms. The lowest BCUT2D eigenvalue weighted by molar-refractivity contribution is 0.396. The molecule has 0 radical (unpaired) electrons. The highest BCUT2D eigenvalue weighted by atomic mass is 79.9. The first-order valence-electron chi connectivity index (χ1n) is 1.88. The van der Waals surface area contributed by atoms with Crippen molar-refractivity contribution >= 4 is 15.9 Å². The van der Waals surface area contributed by atoms with E-state index in [0.717, 1.165) is 5.69 Å². The van der Waals surface area contributed by atoms with E-state index in [4.69, 9.17) is 0 Å². The van der Waals surface area contributed by atoms with Crippen LogP contribution in [0.3, 0.4) is 0 Å². The Morgan fingerprint density at radius 3 is 2.71 bits per heavy atom. The molecular weight excluding hydrogens is 158 g/mol. The van der Waals surface area contributed by atoms with E-state index in [9.17, 15) is 0 Å². The van der Waals surface area contributed by atoms with Gasteiger partial charge in [0, 0.05) is 6.07 Å². The molecule has 0 amide bonds. The van der Waals surface area contributed by atoms with Crippen molar-refractivity contribution in [2.75, 3.05) is 0 Å². The minimum Gasteiger partial charge on any atom is -0.349 e. The molecule has 0 saturated carbocycles. The zero-order valence-corrected chi connectivity index (χ0v) is 5.40. The van der Waals surface area contributed by atoms with E-state index in [1.807, 2.05) is 6.92 Å². The lowest BCUT2D eigenvalue weighted by Crippen LogP contribution is -1.59. The van der Waals surface area contributed by atoms with Gasteiger partial charge < -0.3 is 4.52 Å². The molecule has 0 aromatic carbocycles. The highest BCUT2D eigenvalue weighted by Gasteiger charge is 1.90. The molecule has 1 aromatic heterocycles. The van der Waals surface area contributed by atoms with Crippen molar-refractivity contribution in [3.8, 4) is 0 Å². The quantitative estimate of drug-likeness (QED) is 0.580. The highest BCUT2D eigenvalue weighted by molar-refractivity contribution is 9.10. The number of hydrogen-bond acceptors (Lipinski definition) is 2. The predicted molar refractivity (Wildman–Crippen MR) is 28.9 cm³/mol. The van der Waals surface area contributed by atoms with E-state index in [-0.39, 0.29) is 0 Å². The molecule has 0 spiro atoms. The molecule has 0 aliphatic carbocycles. The zero-order chi connectivity index (χ0) is 5.28. The fourth-order valence-corrected chi connectivity index (χ4v) is 0.736. The molecule has 0 N–H and O–H groups in total. The van der Waals surface area contributed by atoms with Gasteiger partial charge in [-0.25, -0.2) is 0 Å². The van der Waals surface area contributed by atoms with Gasteiger partial charge in [0.15, 0.2) is 0 Å². The number of aromatic nitrogens is 1. The van der Waals surface area contributed by atoms with E-state index in [0.29, 0.717) is 4.67 Å². The van der Waals surface area contributed by atoms with Gasteiger partial charge in [-0.1, -0.05) is 5.16 Å². The summed E-state index contributed by atoms with van der Waals surface area (Å²) in [6, 6.07) is 1.81. The Labute approximate surface area is 49.6 Å². The molecule has 1 aromatic rings. The van der Waals surface area contributed by atoms with Gasteiger partial charge in [-0.05, 0) is 22.9 Å². The maximum atomic E-state index is 4.63. The van der Waals surface area contributed by atoms with Crippen molar-refractivity contribution in [2.24, 2.45) is 0 Å². The molecule has 1 rings (SSSR count). The smallest absolute Gasteiger partial charge is 0.202 e. The second-order valence-electron chi connectivity index (χ2n) is 1.27. The third-order valence-corrected chi connectivity index (χ3v) is 0.973. The van der Waals surface area contributed by atoms with Crippen molar-refractivity contribution in [1.82, 2.24) is 5.16 Å². The predicted octanol–water partition coefficient (Wildman–Crippen LogP) is 1.75. The molecule has 38 valence electrons. The van der Waals surface area contributed by atoms with Gasteiger partial charge in [-0.2, -0.15) is 0 Å². The summed E-state index contributed by atoms with van der Waals surface area (Å²) in [4.78, 5) is 0. The number of rotatable bonds is 0. The number of halogens is 1. The summed E-state index contributed by atoms with van der Waals surface area (Å²) >= 11 is 3.10. The monoisotopic (exact) mass is 161 g/mol. The maximum absolute atomic E-state index is 4.63. The van der Waals surface area contributed by atoms with E-state index < -0.39 is 0 Å². The van der Waals surface area contributed by atoms with Crippen LogP contribution in [-0.2, 0) is 0 Å². The van der Waals surface area contributed by atoms with Crippen LogP contribution in [0.25, 0.3) is 0 Å². The Morgan fingerprint density at radius 2 is 2.57 bits per heavy atom. The number of nitrogens with zero attached hydrogens (tertiary/aromatic N) is 1. The van der Waals surface area contributed by atoms with Crippen LogP contribution < -0.4 is 0 Å². The summed E-state index contributed by atoms with van der Waals surface area (Å²) in [5.74, 6) is 0. The van der Waals surface area contributed by atoms with E-state index in [1.54, 1.807) is 6.07 Å². The highest BCUT2D eigenvalue weighted by Crippen LogP contribution is 2.08. The van der Waals surface area contributed by atoms with Crippen LogP contribution >= 0.6 is 15.9 Å². The fourth-order valence-electron chi connectivity index (χ4n) is 0.333. The van der Waals surface area contributed by atoms with Crippen LogP contribution in [0.2, 0.25) is 0 Å². The Balaban J connectivity index is 3.04. The first-order valence-corrected chi connectivity index (χ1v) is 2.67. The number of aryl methyl sites for hydroxylation is 1. The molecule has 0 aliphatic heterocycles. The van der Waals surface area contributed by atoms with Crippen LogP contribution in [0.4, 0.5) is 0 Å². The van der Waals surface area contributed by atoms with Crippen LogP contribution in [-0.4, -0.2) is 5.16 Å². The van der Waals surface area contributed by atoms with Gasteiger partial charge in [0.1, 0.15) is 0 Å². The zero-order valence-electron chi connectivity index (χ0n) is 3.81. The lowest BCUT2D eigenvalue weighted by atomic mass is 10.5. The second-order valence-corrected chi connectivity index (χ2v) is 2.05. The second kappa shape index (κ2) is 1.66. The summed E-state index contributed by atoms with van der Waals surface area (Å²) in [7, 11) is 0. The molecule has 3 heteroatoms. The SMILES string of the molecule is Cc1cc(Br)on1. The molecule has 0 bridgehead atoms. The van der Waals surface area contributed by atoms with Crippen molar-refractivity contribution in [2.45, 2.75) is 6.92 Å². The summed E-state index contributed by atoms with van der Waals surface area (Å²) in [5, 5.41) is 3.59. The van der Waals surface area contributed by atoms with Gasteiger partial charge in [0.05, 0.1) is 5.69 Å². The summed E-state index contributed by atoms with van der Waals surface area (Å²) in [6.45, 7) is 1.87. The normalized spacial score (nSPS) is 9.43. The van der Waals surface area contributed by atoms with Crippen molar-refractivity contribution in [3.05, 3.63) is 16.4 Å². The molecule has 0 saturated heterocycles. The van der Waals surface area contributed by atoms with Crippen molar-refractivity contribution in [1.29, 1.82) is 0 Å². The van der Waals surface area contributed by atoms with E-state index in [1.165, 1.54) is 0 Å². The van der Waals surface area contributed by atoms with E-state index in [2.05, 4.69) is 25.6 Å². The summed E-state index contributed by atoms with van der Waals surface area (Å²) in [5.41, 5.74) is 0.895. The van der Waals surface area contributed by atoms with Gasteiger partial charge in [-0.3, -0.25) is 0 Å². The van der Waals surface area contributed by atoms with Crippen LogP contribution in [0.1, 0.15) is 5.69 Å². The first kappa shape index (κ1) is 4.84. The standard InChI is InChI=1S/C4H4BrNO/c1-3-2-4(5)7-6-3/h2H,1H3. The number of hydrogen-bond donors (Lipinski definition) is 0. The Kier molecular flexibility index (Phi) is 1.15. The molecular formula is C4H4BrNO. The molecule has 2 nitrogen and oxygen atoms in total. The first-order chi connectivity index (χ1) is 3.29. The Morgan fingerprint density at radius 1 is 1.86 bits per heavy atom. The van der Waals surface area contributed by atoms with Gasteiger partial charge in [0.25, 0.3) is 0 Å². The fraction of sp³-hybridized carbons (Fsp3) is 0.250. The van der Waals surface area contributed by atoms with Crippen LogP contribution in [0, 0.1) is 6.92 Å². The Hall–Kier alpha value is -0.310. The molecule has 0 unspecified atom stereocenters. The van der Waals surface area contributed by atoms with Gasteiger partial charge in [0.2, 0.25) is 4.67 Å². The molecule has 0 aliphatic rings. The molecule has 1 heterocycles. The van der Waals surface area contributed by atoms with Gasteiger partial charge in [-0.15, -0.1) is 0 Å². The third-order valence-electron chi connectivity index (χ3n) is 0.599. The van der Waals surface area contributed by atoms with Crippen LogP contribution in [0.15, 0.2) is 15.3 Å². The topological polar surface area (TPSA) is 26.0 Å². The maximum Gasteiger partial charge on any atom is 0.202 e. The molecule has 0 fully saturated rings. The van der Waals surface area contributed by atoms with Crippen LogP contribution in [0.5, 0.6) is 0 Å². The summed E-state index contributed by atoms with van der Waals surface area (Å²) < 4.78 is 5.32. The van der Waals surface area contributed by atoms with Gasteiger partial charge >= 0.3 is 0 Å². The van der Waals surface area contributed by atoms with Crippen molar-refractivity contribution < 1.29 is 4.52 Å². The Bertz CT molecular complexity index is 144. The minimum atomic E-state index is 0.685. The third kappa shape index (κ3) is 1.03. The van der Waals surface area contributed by atoms with Crippen molar-refractivity contribution in [3.63, 3.8) is 0 Å². The average molecular weight is 162 g/mol. The largest absolute Gasteiger partial charge is 0.349 e.